The Morgan fingerprint density at radius 1 is 1.00 bits per heavy atom. The predicted molar refractivity (Wildman–Crippen MR) is 115 cm³/mol. The van der Waals surface area contributed by atoms with Gasteiger partial charge in [0.2, 0.25) is 5.91 Å². The summed E-state index contributed by atoms with van der Waals surface area (Å²) in [6.45, 7) is 6.67. The lowest BCUT2D eigenvalue weighted by atomic mass is 10.1. The zero-order valence-electron chi connectivity index (χ0n) is 17.2. The molecule has 0 atom stereocenters. The molecule has 0 unspecified atom stereocenters. The van der Waals surface area contributed by atoms with E-state index in [1.54, 1.807) is 12.1 Å². The summed E-state index contributed by atoms with van der Waals surface area (Å²) in [6.07, 6.45) is 1.41. The van der Waals surface area contributed by atoms with E-state index in [1.807, 2.05) is 67.8 Å². The first-order valence-corrected chi connectivity index (χ1v) is 9.92. The molecule has 3 rings (SSSR count). The average molecular weight is 393 g/mol. The molecule has 0 aliphatic heterocycles. The van der Waals surface area contributed by atoms with Gasteiger partial charge in [-0.3, -0.25) is 9.59 Å². The minimum absolute atomic E-state index is 0.0423. The molecule has 152 valence electrons. The van der Waals surface area contributed by atoms with Gasteiger partial charge in [0.05, 0.1) is 11.0 Å². The maximum atomic E-state index is 12.5. The molecule has 2 N–H and O–H groups in total. The average Bonchev–Trinajstić information content (AvgIpc) is 3.01. The molecule has 0 saturated carbocycles. The SMILES string of the molecule is CC(C)(C)NC(=O)Cn1c(CCCNC(=O)c2ccccc2)nc2ccccc21. The highest BCUT2D eigenvalue weighted by atomic mass is 16.2. The summed E-state index contributed by atoms with van der Waals surface area (Å²) in [6, 6.07) is 17.0. The fraction of sp³-hybridized carbons (Fsp3) is 0.348. The first-order valence-electron chi connectivity index (χ1n) is 9.92. The standard InChI is InChI=1S/C23H28N4O2/c1-23(2,3)26-21(28)16-27-19-13-8-7-12-18(19)25-20(27)14-9-15-24-22(29)17-10-5-4-6-11-17/h4-8,10-13H,9,14-16H2,1-3H3,(H,24,29)(H,26,28). The van der Waals surface area contributed by atoms with Crippen LogP contribution < -0.4 is 10.6 Å². The fourth-order valence-electron chi connectivity index (χ4n) is 3.23. The van der Waals surface area contributed by atoms with E-state index in [0.717, 1.165) is 23.3 Å². The van der Waals surface area contributed by atoms with Gasteiger partial charge in [0.25, 0.3) is 5.91 Å². The van der Waals surface area contributed by atoms with Crippen molar-refractivity contribution in [1.82, 2.24) is 20.2 Å². The van der Waals surface area contributed by atoms with E-state index in [1.165, 1.54) is 0 Å². The summed E-state index contributed by atoms with van der Waals surface area (Å²) in [5.74, 6) is 0.729. The third-order valence-electron chi connectivity index (χ3n) is 4.45. The van der Waals surface area contributed by atoms with Crippen molar-refractivity contribution in [3.05, 3.63) is 66.0 Å². The van der Waals surface area contributed by atoms with Gasteiger partial charge in [-0.05, 0) is 51.5 Å². The Balaban J connectivity index is 1.65. The second kappa shape index (κ2) is 8.90. The van der Waals surface area contributed by atoms with Crippen LogP contribution in [0.1, 0.15) is 43.4 Å². The molecule has 2 amide bonds. The number of hydrogen-bond acceptors (Lipinski definition) is 3. The maximum absolute atomic E-state index is 12.5. The smallest absolute Gasteiger partial charge is 0.251 e. The largest absolute Gasteiger partial charge is 0.352 e. The number of para-hydroxylation sites is 2. The number of fused-ring (bicyclic) bond motifs is 1. The molecule has 0 radical (unpaired) electrons. The van der Waals surface area contributed by atoms with E-state index >= 15 is 0 Å². The molecule has 0 spiro atoms. The van der Waals surface area contributed by atoms with Crippen LogP contribution in [-0.2, 0) is 17.8 Å². The summed E-state index contributed by atoms with van der Waals surface area (Å²) in [7, 11) is 0. The van der Waals surface area contributed by atoms with E-state index < -0.39 is 0 Å². The first kappa shape index (κ1) is 20.6. The van der Waals surface area contributed by atoms with Gasteiger partial charge in [-0.25, -0.2) is 4.98 Å². The Bertz CT molecular complexity index is 987. The fourth-order valence-corrected chi connectivity index (χ4v) is 3.23. The lowest BCUT2D eigenvalue weighted by Crippen LogP contribution is -2.42. The molecule has 2 aromatic carbocycles. The van der Waals surface area contributed by atoms with Crippen LogP contribution in [0.25, 0.3) is 11.0 Å². The van der Waals surface area contributed by atoms with E-state index in [0.29, 0.717) is 18.5 Å². The highest BCUT2D eigenvalue weighted by Crippen LogP contribution is 2.17. The van der Waals surface area contributed by atoms with Crippen molar-refractivity contribution in [2.45, 2.75) is 45.7 Å². The van der Waals surface area contributed by atoms with Gasteiger partial charge >= 0.3 is 0 Å². The Labute approximate surface area is 171 Å². The lowest BCUT2D eigenvalue weighted by molar-refractivity contribution is -0.123. The van der Waals surface area contributed by atoms with E-state index in [2.05, 4.69) is 10.6 Å². The molecule has 6 nitrogen and oxygen atoms in total. The van der Waals surface area contributed by atoms with Gasteiger partial charge in [0.15, 0.2) is 0 Å². The number of imidazole rings is 1. The zero-order chi connectivity index (χ0) is 20.9. The Hall–Kier alpha value is -3.15. The highest BCUT2D eigenvalue weighted by Gasteiger charge is 2.17. The zero-order valence-corrected chi connectivity index (χ0v) is 17.2. The van der Waals surface area contributed by atoms with Crippen LogP contribution in [0.15, 0.2) is 54.6 Å². The van der Waals surface area contributed by atoms with Crippen LogP contribution >= 0.6 is 0 Å². The summed E-state index contributed by atoms with van der Waals surface area (Å²) in [5, 5.41) is 5.94. The number of hydrogen-bond donors (Lipinski definition) is 2. The monoisotopic (exact) mass is 392 g/mol. The minimum atomic E-state index is -0.282. The third-order valence-corrected chi connectivity index (χ3v) is 4.45. The number of nitrogens with one attached hydrogen (secondary N) is 2. The van der Waals surface area contributed by atoms with Crippen LogP contribution in [0.4, 0.5) is 0 Å². The number of nitrogens with zero attached hydrogens (tertiary/aromatic N) is 2. The molecule has 0 saturated heterocycles. The van der Waals surface area contributed by atoms with Crippen LogP contribution in [0.5, 0.6) is 0 Å². The second-order valence-corrected chi connectivity index (χ2v) is 8.13. The van der Waals surface area contributed by atoms with Crippen molar-refractivity contribution in [1.29, 1.82) is 0 Å². The normalized spacial score (nSPS) is 11.4. The van der Waals surface area contributed by atoms with Gasteiger partial charge < -0.3 is 15.2 Å². The number of amides is 2. The van der Waals surface area contributed by atoms with Crippen molar-refractivity contribution >= 4 is 22.8 Å². The van der Waals surface area contributed by atoms with Crippen molar-refractivity contribution < 1.29 is 9.59 Å². The van der Waals surface area contributed by atoms with Crippen molar-refractivity contribution in [3.8, 4) is 0 Å². The Morgan fingerprint density at radius 2 is 1.69 bits per heavy atom. The second-order valence-electron chi connectivity index (χ2n) is 8.13. The summed E-state index contributed by atoms with van der Waals surface area (Å²) < 4.78 is 1.97. The van der Waals surface area contributed by atoms with Gasteiger partial charge in [0, 0.05) is 24.1 Å². The van der Waals surface area contributed by atoms with Crippen LogP contribution in [0.2, 0.25) is 0 Å². The predicted octanol–water partition coefficient (Wildman–Crippen LogP) is 3.31. The van der Waals surface area contributed by atoms with Crippen LogP contribution in [-0.4, -0.2) is 33.4 Å². The van der Waals surface area contributed by atoms with E-state index in [9.17, 15) is 9.59 Å². The quantitative estimate of drug-likeness (QED) is 0.606. The van der Waals surface area contributed by atoms with Crippen LogP contribution in [0, 0.1) is 0 Å². The first-order chi connectivity index (χ1) is 13.8. The van der Waals surface area contributed by atoms with Gasteiger partial charge in [-0.2, -0.15) is 0 Å². The molecule has 0 aliphatic rings. The van der Waals surface area contributed by atoms with E-state index in [-0.39, 0.29) is 23.9 Å². The van der Waals surface area contributed by atoms with Gasteiger partial charge in [-0.1, -0.05) is 30.3 Å². The summed E-state index contributed by atoms with van der Waals surface area (Å²) in [4.78, 5) is 29.3. The van der Waals surface area contributed by atoms with Crippen molar-refractivity contribution in [2.24, 2.45) is 0 Å². The van der Waals surface area contributed by atoms with Crippen molar-refractivity contribution in [2.75, 3.05) is 6.54 Å². The van der Waals surface area contributed by atoms with Crippen molar-refractivity contribution in [3.63, 3.8) is 0 Å². The number of benzene rings is 2. The number of carbonyl (C=O) groups is 2. The highest BCUT2D eigenvalue weighted by molar-refractivity contribution is 5.94. The molecule has 6 heteroatoms. The molecule has 0 fully saturated rings. The Kier molecular flexibility index (Phi) is 6.32. The summed E-state index contributed by atoms with van der Waals surface area (Å²) in [5.41, 5.74) is 2.19. The topological polar surface area (TPSA) is 76.0 Å². The molecular weight excluding hydrogens is 364 g/mol. The number of carbonyl (C=O) groups excluding carboxylic acids is 2. The summed E-state index contributed by atoms with van der Waals surface area (Å²) >= 11 is 0. The number of rotatable bonds is 7. The maximum Gasteiger partial charge on any atom is 0.251 e. The number of aryl methyl sites for hydroxylation is 1. The number of aromatic nitrogens is 2. The lowest BCUT2D eigenvalue weighted by Gasteiger charge is -2.21. The third kappa shape index (κ3) is 5.67. The van der Waals surface area contributed by atoms with Gasteiger partial charge in [-0.15, -0.1) is 0 Å². The Morgan fingerprint density at radius 3 is 2.41 bits per heavy atom. The molecule has 1 aromatic heterocycles. The molecule has 3 aromatic rings. The molecular formula is C23H28N4O2. The van der Waals surface area contributed by atoms with Gasteiger partial charge in [0.1, 0.15) is 12.4 Å². The van der Waals surface area contributed by atoms with Crippen LogP contribution in [0.3, 0.4) is 0 Å². The van der Waals surface area contributed by atoms with E-state index in [4.69, 9.17) is 4.98 Å². The molecule has 0 bridgehead atoms. The molecule has 29 heavy (non-hydrogen) atoms. The minimum Gasteiger partial charge on any atom is -0.352 e. The molecule has 1 heterocycles. The molecule has 0 aliphatic carbocycles.